The fourth-order valence-electron chi connectivity index (χ4n) is 1.32. The summed E-state index contributed by atoms with van der Waals surface area (Å²) in [6.07, 6.45) is 2.24. The Labute approximate surface area is 94.1 Å². The molecule has 92 valence electrons. The molecule has 1 aliphatic rings. The first-order valence-electron chi connectivity index (χ1n) is 5.24. The molecule has 0 aromatic heterocycles. The summed E-state index contributed by atoms with van der Waals surface area (Å²) in [5.74, 6) is -2.85. The van der Waals surface area contributed by atoms with Crippen LogP contribution in [0.5, 0.6) is 0 Å². The van der Waals surface area contributed by atoms with Crippen LogP contribution in [0.25, 0.3) is 0 Å². The summed E-state index contributed by atoms with van der Waals surface area (Å²) in [6, 6.07) is 0. The molecule has 5 heteroatoms. The van der Waals surface area contributed by atoms with Crippen molar-refractivity contribution in [2.75, 3.05) is 6.54 Å². The normalized spacial score (nSPS) is 20.4. The molecule has 1 amide bonds. The van der Waals surface area contributed by atoms with Crippen LogP contribution in [0, 0.1) is 0 Å². The fraction of sp³-hybridized carbons (Fsp3) is 0.727. The summed E-state index contributed by atoms with van der Waals surface area (Å²) < 4.78 is 31.5. The second kappa shape index (κ2) is 4.39. The number of rotatable bonds is 0. The van der Waals surface area contributed by atoms with Crippen molar-refractivity contribution in [1.29, 1.82) is 0 Å². The Morgan fingerprint density at radius 3 is 2.62 bits per heavy atom. The SMILES string of the molecule is CC(C)(C)OC(=O)N1C=CCCC(F)(F)C1. The first-order valence-corrected chi connectivity index (χ1v) is 5.24. The average molecular weight is 233 g/mol. The van der Waals surface area contributed by atoms with E-state index in [0.717, 1.165) is 4.90 Å². The highest BCUT2D eigenvalue weighted by atomic mass is 19.3. The quantitative estimate of drug-likeness (QED) is 0.643. The van der Waals surface area contributed by atoms with Crippen LogP contribution in [0.4, 0.5) is 13.6 Å². The van der Waals surface area contributed by atoms with Crippen molar-refractivity contribution in [3.63, 3.8) is 0 Å². The van der Waals surface area contributed by atoms with Gasteiger partial charge in [-0.1, -0.05) is 6.08 Å². The lowest BCUT2D eigenvalue weighted by Gasteiger charge is -2.26. The van der Waals surface area contributed by atoms with Gasteiger partial charge in [-0.2, -0.15) is 0 Å². The van der Waals surface area contributed by atoms with Crippen molar-refractivity contribution in [2.24, 2.45) is 0 Å². The average Bonchev–Trinajstić information content (AvgIpc) is 2.23. The lowest BCUT2D eigenvalue weighted by Crippen LogP contribution is -2.39. The topological polar surface area (TPSA) is 29.5 Å². The molecule has 0 N–H and O–H groups in total. The van der Waals surface area contributed by atoms with Crippen LogP contribution in [0.1, 0.15) is 33.6 Å². The molecule has 0 bridgehead atoms. The second-order valence-corrected chi connectivity index (χ2v) is 4.89. The zero-order valence-corrected chi connectivity index (χ0v) is 9.80. The van der Waals surface area contributed by atoms with E-state index in [1.54, 1.807) is 26.8 Å². The standard InChI is InChI=1S/C11H17F2NO2/c1-10(2,3)16-9(15)14-7-5-4-6-11(12,13)8-14/h5,7H,4,6,8H2,1-3H3. The van der Waals surface area contributed by atoms with E-state index in [0.29, 0.717) is 0 Å². The summed E-state index contributed by atoms with van der Waals surface area (Å²) in [5, 5.41) is 0. The third-order valence-electron chi connectivity index (χ3n) is 1.99. The minimum Gasteiger partial charge on any atom is -0.443 e. The van der Waals surface area contributed by atoms with Crippen molar-refractivity contribution >= 4 is 6.09 Å². The minimum atomic E-state index is -2.85. The van der Waals surface area contributed by atoms with E-state index in [1.807, 2.05) is 0 Å². The minimum absolute atomic E-state index is 0.233. The fourth-order valence-corrected chi connectivity index (χ4v) is 1.32. The Bertz CT molecular complexity index is 295. The van der Waals surface area contributed by atoms with E-state index >= 15 is 0 Å². The van der Waals surface area contributed by atoms with Crippen LogP contribution in [-0.4, -0.2) is 29.1 Å². The largest absolute Gasteiger partial charge is 0.443 e. The third kappa shape index (κ3) is 4.16. The number of ether oxygens (including phenoxy) is 1. The van der Waals surface area contributed by atoms with E-state index in [4.69, 9.17) is 4.74 Å². The zero-order chi connectivity index (χ0) is 12.4. The molecule has 16 heavy (non-hydrogen) atoms. The molecule has 1 rings (SSSR count). The van der Waals surface area contributed by atoms with E-state index in [9.17, 15) is 13.6 Å². The van der Waals surface area contributed by atoms with Crippen LogP contribution in [-0.2, 0) is 4.74 Å². The molecule has 0 saturated carbocycles. The first-order chi connectivity index (χ1) is 7.20. The highest BCUT2D eigenvalue weighted by Crippen LogP contribution is 2.25. The predicted molar refractivity (Wildman–Crippen MR) is 56.3 cm³/mol. The molecule has 1 heterocycles. The Balaban J connectivity index is 2.67. The lowest BCUT2D eigenvalue weighted by molar-refractivity contribution is -0.0339. The maximum absolute atomic E-state index is 13.2. The lowest BCUT2D eigenvalue weighted by atomic mass is 10.2. The van der Waals surface area contributed by atoms with Gasteiger partial charge in [0.15, 0.2) is 0 Å². The van der Waals surface area contributed by atoms with E-state index in [2.05, 4.69) is 0 Å². The van der Waals surface area contributed by atoms with Gasteiger partial charge in [-0.15, -0.1) is 0 Å². The number of allylic oxidation sites excluding steroid dienone is 1. The van der Waals surface area contributed by atoms with Crippen molar-refractivity contribution in [3.05, 3.63) is 12.3 Å². The molecule has 0 aliphatic carbocycles. The first kappa shape index (κ1) is 12.9. The van der Waals surface area contributed by atoms with Gasteiger partial charge in [0.2, 0.25) is 0 Å². The van der Waals surface area contributed by atoms with Gasteiger partial charge in [-0.25, -0.2) is 13.6 Å². The van der Waals surface area contributed by atoms with E-state index in [-0.39, 0.29) is 12.8 Å². The van der Waals surface area contributed by atoms with Gasteiger partial charge in [0.05, 0.1) is 6.54 Å². The van der Waals surface area contributed by atoms with Gasteiger partial charge in [-0.05, 0) is 27.2 Å². The van der Waals surface area contributed by atoms with Gasteiger partial charge in [0.1, 0.15) is 5.60 Å². The highest BCUT2D eigenvalue weighted by molar-refractivity contribution is 5.69. The summed E-state index contributed by atoms with van der Waals surface area (Å²) in [4.78, 5) is 12.5. The molecule has 0 unspecified atom stereocenters. The number of halogens is 2. The van der Waals surface area contributed by atoms with Crippen molar-refractivity contribution < 1.29 is 18.3 Å². The number of hydrogen-bond donors (Lipinski definition) is 0. The predicted octanol–water partition coefficient (Wildman–Crippen LogP) is 3.17. The van der Waals surface area contributed by atoms with E-state index < -0.39 is 24.2 Å². The molecule has 0 spiro atoms. The maximum atomic E-state index is 13.2. The smallest absolute Gasteiger partial charge is 0.414 e. The van der Waals surface area contributed by atoms with E-state index in [1.165, 1.54) is 6.20 Å². The van der Waals surface area contributed by atoms with Gasteiger partial charge >= 0.3 is 6.09 Å². The Kier molecular flexibility index (Phi) is 3.55. The monoisotopic (exact) mass is 233 g/mol. The van der Waals surface area contributed by atoms with Gasteiger partial charge in [-0.3, -0.25) is 4.90 Å². The maximum Gasteiger partial charge on any atom is 0.414 e. The molecule has 0 aromatic carbocycles. The van der Waals surface area contributed by atoms with Crippen molar-refractivity contribution in [3.8, 4) is 0 Å². The van der Waals surface area contributed by atoms with Crippen LogP contribution >= 0.6 is 0 Å². The van der Waals surface area contributed by atoms with Crippen LogP contribution in [0.2, 0.25) is 0 Å². The number of hydrogen-bond acceptors (Lipinski definition) is 2. The molecular weight excluding hydrogens is 216 g/mol. The van der Waals surface area contributed by atoms with Gasteiger partial charge in [0, 0.05) is 12.6 Å². The molecule has 0 radical (unpaired) electrons. The van der Waals surface area contributed by atoms with Gasteiger partial charge < -0.3 is 4.74 Å². The Hall–Kier alpha value is -1.13. The molecule has 3 nitrogen and oxygen atoms in total. The van der Waals surface area contributed by atoms with Crippen LogP contribution in [0.15, 0.2) is 12.3 Å². The molecular formula is C11H17F2NO2. The summed E-state index contributed by atoms with van der Waals surface area (Å²) in [7, 11) is 0. The molecule has 0 saturated heterocycles. The Morgan fingerprint density at radius 2 is 2.06 bits per heavy atom. The Morgan fingerprint density at radius 1 is 1.44 bits per heavy atom. The number of carbonyl (C=O) groups excluding carboxylic acids is 1. The van der Waals surface area contributed by atoms with Crippen molar-refractivity contribution in [2.45, 2.75) is 45.1 Å². The molecule has 0 fully saturated rings. The number of nitrogens with zero attached hydrogens (tertiary/aromatic N) is 1. The second-order valence-electron chi connectivity index (χ2n) is 4.89. The summed E-state index contributed by atoms with van der Waals surface area (Å²) in [6.45, 7) is 4.48. The molecule has 1 aliphatic heterocycles. The number of alkyl halides is 2. The van der Waals surface area contributed by atoms with Crippen molar-refractivity contribution in [1.82, 2.24) is 4.90 Å². The molecule has 0 aromatic rings. The number of amides is 1. The van der Waals surface area contributed by atoms with Crippen LogP contribution in [0.3, 0.4) is 0 Å². The van der Waals surface area contributed by atoms with Crippen LogP contribution < -0.4 is 0 Å². The number of carbonyl (C=O) groups is 1. The molecule has 0 atom stereocenters. The third-order valence-corrected chi connectivity index (χ3v) is 1.99. The zero-order valence-electron chi connectivity index (χ0n) is 9.80. The summed E-state index contributed by atoms with van der Waals surface area (Å²) >= 11 is 0. The summed E-state index contributed by atoms with van der Waals surface area (Å²) in [5.41, 5.74) is -0.674. The van der Waals surface area contributed by atoms with Gasteiger partial charge in [0.25, 0.3) is 5.92 Å². The highest BCUT2D eigenvalue weighted by Gasteiger charge is 2.35.